The molecular weight excluding hydrogens is 338 g/mol. The van der Waals surface area contributed by atoms with E-state index in [1.165, 1.54) is 23.1 Å². The lowest BCUT2D eigenvalue weighted by molar-refractivity contribution is -0.385. The van der Waals surface area contributed by atoms with Crippen LogP contribution in [0, 0.1) is 10.1 Å². The van der Waals surface area contributed by atoms with Gasteiger partial charge in [-0.05, 0) is 18.9 Å². The first-order valence-electron chi connectivity index (χ1n) is 8.44. The highest BCUT2D eigenvalue weighted by Crippen LogP contribution is 2.26. The monoisotopic (exact) mass is 355 g/mol. The molecule has 0 bridgehead atoms. The third kappa shape index (κ3) is 2.92. The number of nitro groups is 1. The summed E-state index contributed by atoms with van der Waals surface area (Å²) in [5.74, 6) is -0.664. The molecule has 1 aliphatic heterocycles. The Kier molecular flexibility index (Phi) is 3.90. The molecular formula is C17H17N5O4. The summed E-state index contributed by atoms with van der Waals surface area (Å²) in [7, 11) is 0. The number of hydrogen-bond acceptors (Lipinski definition) is 5. The first-order valence-corrected chi connectivity index (χ1v) is 8.44. The van der Waals surface area contributed by atoms with Gasteiger partial charge in [0.1, 0.15) is 5.56 Å². The van der Waals surface area contributed by atoms with E-state index in [0.29, 0.717) is 24.2 Å². The Bertz CT molecular complexity index is 902. The zero-order valence-electron chi connectivity index (χ0n) is 13.9. The van der Waals surface area contributed by atoms with Crippen molar-refractivity contribution in [2.45, 2.75) is 31.8 Å². The van der Waals surface area contributed by atoms with Gasteiger partial charge in [-0.2, -0.15) is 5.10 Å². The largest absolute Gasteiger partial charge is 0.348 e. The maximum atomic E-state index is 12.8. The molecule has 4 rings (SSSR count). The van der Waals surface area contributed by atoms with E-state index < -0.39 is 10.8 Å². The predicted octanol–water partition coefficient (Wildman–Crippen LogP) is 1.41. The van der Waals surface area contributed by atoms with E-state index in [0.717, 1.165) is 18.5 Å². The van der Waals surface area contributed by atoms with Crippen molar-refractivity contribution in [3.05, 3.63) is 56.9 Å². The standard InChI is InChI=1S/C17H17N5O4/c23-16(18-10-5-6-10)15-12-9-21(8-7-13(12)19-20-15)17(24)11-3-1-2-4-14(11)22(25)26/h1-4,10H,5-9H2,(H,18,23)(H,19,20). The number of nitrogens with zero attached hydrogens (tertiary/aromatic N) is 3. The fourth-order valence-electron chi connectivity index (χ4n) is 3.12. The van der Waals surface area contributed by atoms with Gasteiger partial charge in [-0.15, -0.1) is 0 Å². The first kappa shape index (κ1) is 16.2. The first-order chi connectivity index (χ1) is 12.5. The minimum Gasteiger partial charge on any atom is -0.348 e. The Labute approximate surface area is 148 Å². The van der Waals surface area contributed by atoms with Crippen LogP contribution >= 0.6 is 0 Å². The van der Waals surface area contributed by atoms with Crippen LogP contribution in [0.3, 0.4) is 0 Å². The van der Waals surface area contributed by atoms with Gasteiger partial charge < -0.3 is 10.2 Å². The fourth-order valence-corrected chi connectivity index (χ4v) is 3.12. The number of aromatic nitrogens is 2. The highest BCUT2D eigenvalue weighted by molar-refractivity contribution is 5.99. The number of fused-ring (bicyclic) bond motifs is 1. The topological polar surface area (TPSA) is 121 Å². The highest BCUT2D eigenvalue weighted by Gasteiger charge is 2.32. The number of H-pyrrole nitrogens is 1. The van der Waals surface area contributed by atoms with Gasteiger partial charge in [-0.3, -0.25) is 24.8 Å². The number of rotatable bonds is 4. The molecule has 0 atom stereocenters. The summed E-state index contributed by atoms with van der Waals surface area (Å²) < 4.78 is 0. The Balaban J connectivity index is 1.58. The third-order valence-electron chi connectivity index (χ3n) is 4.68. The molecule has 26 heavy (non-hydrogen) atoms. The highest BCUT2D eigenvalue weighted by atomic mass is 16.6. The van der Waals surface area contributed by atoms with Gasteiger partial charge in [0.05, 0.1) is 11.5 Å². The Hall–Kier alpha value is -3.23. The van der Waals surface area contributed by atoms with Crippen molar-refractivity contribution in [3.8, 4) is 0 Å². The van der Waals surface area contributed by atoms with Gasteiger partial charge in [0.25, 0.3) is 17.5 Å². The number of hydrogen-bond donors (Lipinski definition) is 2. The Morgan fingerprint density at radius 2 is 2.08 bits per heavy atom. The second kappa shape index (κ2) is 6.25. The summed E-state index contributed by atoms with van der Waals surface area (Å²) in [6.45, 7) is 0.605. The van der Waals surface area contributed by atoms with Crippen LogP contribution in [0.1, 0.15) is 44.9 Å². The smallest absolute Gasteiger partial charge is 0.282 e. The number of para-hydroxylation sites is 1. The second-order valence-electron chi connectivity index (χ2n) is 6.53. The Morgan fingerprint density at radius 3 is 2.81 bits per heavy atom. The summed E-state index contributed by atoms with van der Waals surface area (Å²) in [5.41, 5.74) is 1.64. The summed E-state index contributed by atoms with van der Waals surface area (Å²) in [4.78, 5) is 37.3. The van der Waals surface area contributed by atoms with Crippen LogP contribution in [-0.2, 0) is 13.0 Å². The van der Waals surface area contributed by atoms with Crippen molar-refractivity contribution in [1.29, 1.82) is 0 Å². The molecule has 1 fully saturated rings. The van der Waals surface area contributed by atoms with Crippen LogP contribution in [-0.4, -0.2) is 44.4 Å². The van der Waals surface area contributed by atoms with E-state index in [1.54, 1.807) is 6.07 Å². The van der Waals surface area contributed by atoms with Gasteiger partial charge in [0.2, 0.25) is 0 Å². The molecule has 1 aromatic carbocycles. The molecule has 0 unspecified atom stereocenters. The van der Waals surface area contributed by atoms with E-state index in [2.05, 4.69) is 15.5 Å². The average molecular weight is 355 g/mol. The lowest BCUT2D eigenvalue weighted by Gasteiger charge is -2.27. The zero-order valence-corrected chi connectivity index (χ0v) is 13.9. The van der Waals surface area contributed by atoms with Crippen LogP contribution in [0.15, 0.2) is 24.3 Å². The van der Waals surface area contributed by atoms with Crippen LogP contribution in [0.2, 0.25) is 0 Å². The average Bonchev–Trinajstić information content (AvgIpc) is 3.35. The Morgan fingerprint density at radius 1 is 1.31 bits per heavy atom. The van der Waals surface area contributed by atoms with Crippen molar-refractivity contribution in [3.63, 3.8) is 0 Å². The molecule has 1 aliphatic carbocycles. The number of carbonyl (C=O) groups excluding carboxylic acids is 2. The lowest BCUT2D eigenvalue weighted by Crippen LogP contribution is -2.37. The molecule has 134 valence electrons. The van der Waals surface area contributed by atoms with Gasteiger partial charge in [0.15, 0.2) is 5.69 Å². The molecule has 2 heterocycles. The van der Waals surface area contributed by atoms with E-state index in [-0.39, 0.29) is 29.7 Å². The maximum absolute atomic E-state index is 12.8. The van der Waals surface area contributed by atoms with Gasteiger partial charge in [-0.1, -0.05) is 12.1 Å². The molecule has 0 radical (unpaired) electrons. The number of carbonyl (C=O) groups is 2. The molecule has 1 saturated carbocycles. The molecule has 2 aliphatic rings. The molecule has 2 N–H and O–H groups in total. The molecule has 9 heteroatoms. The van der Waals surface area contributed by atoms with Crippen LogP contribution < -0.4 is 5.32 Å². The number of aromatic amines is 1. The van der Waals surface area contributed by atoms with Crippen molar-refractivity contribution in [2.24, 2.45) is 0 Å². The minimum atomic E-state index is -0.561. The molecule has 2 amide bonds. The number of amides is 2. The fraction of sp³-hybridized carbons (Fsp3) is 0.353. The van der Waals surface area contributed by atoms with E-state index in [9.17, 15) is 19.7 Å². The van der Waals surface area contributed by atoms with Crippen LogP contribution in [0.4, 0.5) is 5.69 Å². The van der Waals surface area contributed by atoms with Crippen LogP contribution in [0.25, 0.3) is 0 Å². The number of benzene rings is 1. The SMILES string of the molecule is O=C(NC1CC1)c1n[nH]c2c1CN(C(=O)c1ccccc1[N+](=O)[O-])CC2. The molecule has 2 aromatic rings. The normalized spacial score (nSPS) is 16.1. The number of nitrogens with one attached hydrogen (secondary N) is 2. The summed E-state index contributed by atoms with van der Waals surface area (Å²) in [5, 5.41) is 21.1. The van der Waals surface area contributed by atoms with Crippen molar-refractivity contribution < 1.29 is 14.5 Å². The second-order valence-corrected chi connectivity index (χ2v) is 6.53. The number of nitro benzene ring substituents is 1. The summed E-state index contributed by atoms with van der Waals surface area (Å²) in [6.07, 6.45) is 2.46. The molecule has 0 spiro atoms. The lowest BCUT2D eigenvalue weighted by atomic mass is 10.0. The third-order valence-corrected chi connectivity index (χ3v) is 4.68. The molecule has 9 nitrogen and oxygen atoms in total. The molecule has 1 aromatic heterocycles. The van der Waals surface area contributed by atoms with Gasteiger partial charge >= 0.3 is 0 Å². The zero-order chi connectivity index (χ0) is 18.3. The van der Waals surface area contributed by atoms with Crippen molar-refractivity contribution in [2.75, 3.05) is 6.54 Å². The quantitative estimate of drug-likeness (QED) is 0.634. The van der Waals surface area contributed by atoms with E-state index in [4.69, 9.17) is 0 Å². The van der Waals surface area contributed by atoms with Crippen molar-refractivity contribution in [1.82, 2.24) is 20.4 Å². The van der Waals surface area contributed by atoms with E-state index >= 15 is 0 Å². The summed E-state index contributed by atoms with van der Waals surface area (Å²) in [6, 6.07) is 6.10. The van der Waals surface area contributed by atoms with E-state index in [1.807, 2.05) is 0 Å². The van der Waals surface area contributed by atoms with Crippen LogP contribution in [0.5, 0.6) is 0 Å². The maximum Gasteiger partial charge on any atom is 0.282 e. The predicted molar refractivity (Wildman–Crippen MR) is 90.6 cm³/mol. The van der Waals surface area contributed by atoms with Crippen molar-refractivity contribution >= 4 is 17.5 Å². The molecule has 0 saturated heterocycles. The van der Waals surface area contributed by atoms with Gasteiger partial charge in [-0.25, -0.2) is 0 Å². The summed E-state index contributed by atoms with van der Waals surface area (Å²) >= 11 is 0. The van der Waals surface area contributed by atoms with Gasteiger partial charge in [0, 0.05) is 36.3 Å². The minimum absolute atomic E-state index is 0.0495.